The van der Waals surface area contributed by atoms with E-state index in [0.29, 0.717) is 0 Å². The number of likely N-dealkylation sites (tertiary alicyclic amines) is 1. The molecule has 1 aromatic rings. The third-order valence-electron chi connectivity index (χ3n) is 3.56. The molecule has 1 N–H and O–H groups in total. The monoisotopic (exact) mass is 221 g/mol. The minimum absolute atomic E-state index is 0.744. The molecule has 0 aromatic carbocycles. The van der Waals surface area contributed by atoms with Crippen molar-refractivity contribution in [1.82, 2.24) is 14.8 Å². The van der Waals surface area contributed by atoms with Gasteiger partial charge in [-0.25, -0.2) is 0 Å². The van der Waals surface area contributed by atoms with Crippen molar-refractivity contribution in [3.8, 4) is 0 Å². The zero-order chi connectivity index (χ0) is 11.4. The first-order chi connectivity index (χ1) is 7.79. The average Bonchev–Trinajstić information content (AvgIpc) is 2.89. The second-order valence-electron chi connectivity index (χ2n) is 4.76. The topological polar surface area (TPSA) is 20.2 Å². The lowest BCUT2D eigenvalue weighted by Crippen LogP contribution is -2.35. The summed E-state index contributed by atoms with van der Waals surface area (Å²) in [6.45, 7) is 6.61. The highest BCUT2D eigenvalue weighted by atomic mass is 15.2. The molecule has 0 amide bonds. The molecule has 1 atom stereocenters. The number of likely N-dealkylation sites (N-methyl/N-ethyl adjacent to an activating group) is 1. The van der Waals surface area contributed by atoms with E-state index in [-0.39, 0.29) is 0 Å². The molecule has 3 heteroatoms. The van der Waals surface area contributed by atoms with Crippen LogP contribution < -0.4 is 5.32 Å². The first kappa shape index (κ1) is 11.7. The van der Waals surface area contributed by atoms with Gasteiger partial charge in [-0.15, -0.1) is 0 Å². The minimum atomic E-state index is 0.744. The Hall–Kier alpha value is -0.800. The molecule has 2 rings (SSSR count). The number of aromatic nitrogens is 1. The maximum atomic E-state index is 3.56. The molecule has 0 spiro atoms. The standard InChI is InChI=1S/C13H23N3/c1-3-16-8-6-12(11-16)9-14-10-13-5-4-7-15(13)2/h6,8,11,13-14H,3-5,7,9-10H2,1-2H3. The van der Waals surface area contributed by atoms with E-state index >= 15 is 0 Å². The highest BCUT2D eigenvalue weighted by molar-refractivity contribution is 5.09. The Morgan fingerprint density at radius 3 is 3.00 bits per heavy atom. The van der Waals surface area contributed by atoms with Gasteiger partial charge < -0.3 is 14.8 Å². The lowest BCUT2D eigenvalue weighted by molar-refractivity contribution is 0.300. The van der Waals surface area contributed by atoms with Crippen LogP contribution in [-0.4, -0.2) is 35.6 Å². The van der Waals surface area contributed by atoms with Crippen molar-refractivity contribution in [2.45, 2.75) is 38.9 Å². The van der Waals surface area contributed by atoms with Crippen LogP contribution in [0.4, 0.5) is 0 Å². The smallest absolute Gasteiger partial charge is 0.0221 e. The van der Waals surface area contributed by atoms with Crippen molar-refractivity contribution < 1.29 is 0 Å². The van der Waals surface area contributed by atoms with Gasteiger partial charge in [0.05, 0.1) is 0 Å². The third kappa shape index (κ3) is 2.86. The Morgan fingerprint density at radius 1 is 1.50 bits per heavy atom. The van der Waals surface area contributed by atoms with Crippen LogP contribution in [0.15, 0.2) is 18.5 Å². The molecule has 16 heavy (non-hydrogen) atoms. The van der Waals surface area contributed by atoms with Crippen LogP contribution in [0.25, 0.3) is 0 Å². The average molecular weight is 221 g/mol. The second kappa shape index (κ2) is 5.51. The van der Waals surface area contributed by atoms with Gasteiger partial charge in [0.1, 0.15) is 0 Å². The summed E-state index contributed by atoms with van der Waals surface area (Å²) in [5.41, 5.74) is 1.39. The van der Waals surface area contributed by atoms with E-state index in [0.717, 1.165) is 25.7 Å². The molecule has 0 aliphatic carbocycles. The van der Waals surface area contributed by atoms with Crippen molar-refractivity contribution in [3.63, 3.8) is 0 Å². The fourth-order valence-corrected chi connectivity index (χ4v) is 2.41. The quantitative estimate of drug-likeness (QED) is 0.816. The Balaban J connectivity index is 1.71. The van der Waals surface area contributed by atoms with Crippen molar-refractivity contribution in [2.24, 2.45) is 0 Å². The van der Waals surface area contributed by atoms with Crippen LogP contribution in [0.1, 0.15) is 25.3 Å². The van der Waals surface area contributed by atoms with E-state index in [2.05, 4.69) is 47.2 Å². The summed E-state index contributed by atoms with van der Waals surface area (Å²) in [6.07, 6.45) is 7.08. The summed E-state index contributed by atoms with van der Waals surface area (Å²) < 4.78 is 2.22. The lowest BCUT2D eigenvalue weighted by atomic mass is 10.2. The molecule has 1 aliphatic heterocycles. The van der Waals surface area contributed by atoms with Crippen molar-refractivity contribution in [3.05, 3.63) is 24.0 Å². The van der Waals surface area contributed by atoms with Gasteiger partial charge >= 0.3 is 0 Å². The molecule has 1 unspecified atom stereocenters. The van der Waals surface area contributed by atoms with Crippen LogP contribution in [0, 0.1) is 0 Å². The van der Waals surface area contributed by atoms with Gasteiger partial charge in [0.25, 0.3) is 0 Å². The normalized spacial score (nSPS) is 21.8. The number of nitrogens with one attached hydrogen (secondary N) is 1. The number of hydrogen-bond donors (Lipinski definition) is 1. The van der Waals surface area contributed by atoms with E-state index in [9.17, 15) is 0 Å². The van der Waals surface area contributed by atoms with E-state index in [1.807, 2.05) is 0 Å². The maximum Gasteiger partial charge on any atom is 0.0221 e. The highest BCUT2D eigenvalue weighted by Gasteiger charge is 2.19. The predicted molar refractivity (Wildman–Crippen MR) is 67.5 cm³/mol. The Bertz CT molecular complexity index is 319. The summed E-state index contributed by atoms with van der Waals surface area (Å²) in [7, 11) is 2.23. The van der Waals surface area contributed by atoms with Crippen molar-refractivity contribution in [1.29, 1.82) is 0 Å². The molecule has 0 radical (unpaired) electrons. The first-order valence-electron chi connectivity index (χ1n) is 6.35. The Morgan fingerprint density at radius 2 is 2.38 bits per heavy atom. The van der Waals surface area contributed by atoms with E-state index in [1.54, 1.807) is 0 Å². The summed E-state index contributed by atoms with van der Waals surface area (Å²) in [6, 6.07) is 2.95. The molecule has 1 aliphatic rings. The van der Waals surface area contributed by atoms with Gasteiger partial charge in [0, 0.05) is 38.1 Å². The molecule has 90 valence electrons. The van der Waals surface area contributed by atoms with Gasteiger partial charge in [-0.3, -0.25) is 0 Å². The van der Waals surface area contributed by atoms with Crippen LogP contribution in [0.5, 0.6) is 0 Å². The first-order valence-corrected chi connectivity index (χ1v) is 6.35. The number of rotatable bonds is 5. The number of hydrogen-bond acceptors (Lipinski definition) is 2. The van der Waals surface area contributed by atoms with Crippen LogP contribution in [0.3, 0.4) is 0 Å². The molecule has 1 saturated heterocycles. The third-order valence-corrected chi connectivity index (χ3v) is 3.56. The molecule has 1 aromatic heterocycles. The Kier molecular flexibility index (Phi) is 4.02. The Labute approximate surface area is 98.4 Å². The highest BCUT2D eigenvalue weighted by Crippen LogP contribution is 2.13. The predicted octanol–water partition coefficient (Wildman–Crippen LogP) is 1.69. The van der Waals surface area contributed by atoms with Gasteiger partial charge in [-0.2, -0.15) is 0 Å². The van der Waals surface area contributed by atoms with Crippen LogP contribution in [-0.2, 0) is 13.1 Å². The van der Waals surface area contributed by atoms with Gasteiger partial charge in [0.2, 0.25) is 0 Å². The summed E-state index contributed by atoms with van der Waals surface area (Å²) in [5, 5.41) is 3.56. The van der Waals surface area contributed by atoms with E-state index < -0.39 is 0 Å². The van der Waals surface area contributed by atoms with E-state index in [1.165, 1.54) is 24.9 Å². The van der Waals surface area contributed by atoms with Crippen LogP contribution in [0.2, 0.25) is 0 Å². The van der Waals surface area contributed by atoms with E-state index in [4.69, 9.17) is 0 Å². The fraction of sp³-hybridized carbons (Fsp3) is 0.692. The molecule has 1 fully saturated rings. The number of nitrogens with zero attached hydrogens (tertiary/aromatic N) is 2. The van der Waals surface area contributed by atoms with Gasteiger partial charge in [0.15, 0.2) is 0 Å². The maximum absolute atomic E-state index is 3.56. The molecular formula is C13H23N3. The SMILES string of the molecule is CCn1ccc(CNCC2CCCN2C)c1. The van der Waals surface area contributed by atoms with Crippen molar-refractivity contribution in [2.75, 3.05) is 20.1 Å². The summed E-state index contributed by atoms with van der Waals surface area (Å²) in [5.74, 6) is 0. The fourth-order valence-electron chi connectivity index (χ4n) is 2.41. The second-order valence-corrected chi connectivity index (χ2v) is 4.76. The molecule has 2 heterocycles. The largest absolute Gasteiger partial charge is 0.354 e. The van der Waals surface area contributed by atoms with Crippen LogP contribution >= 0.6 is 0 Å². The van der Waals surface area contributed by atoms with Crippen molar-refractivity contribution >= 4 is 0 Å². The van der Waals surface area contributed by atoms with Gasteiger partial charge in [-0.05, 0) is 45.0 Å². The zero-order valence-electron chi connectivity index (χ0n) is 10.4. The molecular weight excluding hydrogens is 198 g/mol. The summed E-state index contributed by atoms with van der Waals surface area (Å²) in [4.78, 5) is 2.46. The zero-order valence-corrected chi connectivity index (χ0v) is 10.4. The summed E-state index contributed by atoms with van der Waals surface area (Å²) >= 11 is 0. The number of aryl methyl sites for hydroxylation is 1. The molecule has 3 nitrogen and oxygen atoms in total. The molecule has 0 bridgehead atoms. The lowest BCUT2D eigenvalue weighted by Gasteiger charge is -2.19. The van der Waals surface area contributed by atoms with Gasteiger partial charge in [-0.1, -0.05) is 0 Å². The molecule has 0 saturated carbocycles. The minimum Gasteiger partial charge on any atom is -0.354 e.